The van der Waals surface area contributed by atoms with Gasteiger partial charge in [0, 0.05) is 0 Å². The Kier molecular flexibility index (Phi) is 1.82. The molecule has 0 saturated heterocycles. The summed E-state index contributed by atoms with van der Waals surface area (Å²) in [6, 6.07) is 0. The first-order chi connectivity index (χ1) is 5.11. The van der Waals surface area contributed by atoms with Crippen molar-refractivity contribution in [1.29, 1.82) is 0 Å². The van der Waals surface area contributed by atoms with Crippen LogP contribution in [0, 0.1) is 0 Å². The Morgan fingerprint density at radius 1 is 1.64 bits per heavy atom. The molecule has 1 heterocycles. The van der Waals surface area contributed by atoms with Gasteiger partial charge >= 0.3 is 5.97 Å². The van der Waals surface area contributed by atoms with Crippen molar-refractivity contribution in [2.24, 2.45) is 5.73 Å². The van der Waals surface area contributed by atoms with Crippen LogP contribution in [0.5, 0.6) is 0 Å². The van der Waals surface area contributed by atoms with Crippen molar-refractivity contribution in [2.45, 2.75) is 6.17 Å². The lowest BCUT2D eigenvalue weighted by Gasteiger charge is -2.17. The third-order valence-electron chi connectivity index (χ3n) is 1.28. The van der Waals surface area contributed by atoms with Gasteiger partial charge in [-0.05, 0) is 12.2 Å². The van der Waals surface area contributed by atoms with Crippen LogP contribution in [-0.2, 0) is 4.79 Å². The molecule has 1 atom stereocenters. The zero-order valence-corrected chi connectivity index (χ0v) is 5.61. The van der Waals surface area contributed by atoms with Gasteiger partial charge in [-0.25, -0.2) is 4.79 Å². The Hall–Kier alpha value is -1.49. The van der Waals surface area contributed by atoms with E-state index in [9.17, 15) is 4.79 Å². The Morgan fingerprint density at radius 3 is 2.73 bits per heavy atom. The van der Waals surface area contributed by atoms with Crippen LogP contribution in [0.4, 0.5) is 0 Å². The molecule has 5 N–H and O–H groups in total. The largest absolute Gasteiger partial charge is 0.509 e. The van der Waals surface area contributed by atoms with Crippen molar-refractivity contribution in [2.75, 3.05) is 0 Å². The number of aliphatic hydroxyl groups excluding tert-OH is 1. The van der Waals surface area contributed by atoms with E-state index >= 15 is 0 Å². The van der Waals surface area contributed by atoms with Crippen molar-refractivity contribution < 1.29 is 15.0 Å². The lowest BCUT2D eigenvalue weighted by Crippen LogP contribution is -2.42. The van der Waals surface area contributed by atoms with E-state index in [1.807, 2.05) is 0 Å². The van der Waals surface area contributed by atoms with Crippen molar-refractivity contribution in [3.05, 3.63) is 23.6 Å². The van der Waals surface area contributed by atoms with Crippen LogP contribution in [0.2, 0.25) is 0 Å². The van der Waals surface area contributed by atoms with Crippen LogP contribution in [0.3, 0.4) is 0 Å². The first kappa shape index (κ1) is 7.62. The van der Waals surface area contributed by atoms with Gasteiger partial charge in [0.25, 0.3) is 0 Å². The van der Waals surface area contributed by atoms with E-state index in [1.165, 1.54) is 12.2 Å². The van der Waals surface area contributed by atoms with Gasteiger partial charge in [0.15, 0.2) is 0 Å². The van der Waals surface area contributed by atoms with E-state index in [0.29, 0.717) is 0 Å². The van der Waals surface area contributed by atoms with Crippen LogP contribution >= 0.6 is 0 Å². The van der Waals surface area contributed by atoms with E-state index in [2.05, 4.69) is 5.32 Å². The SMILES string of the molecule is NC1NC(C(=O)O)=CC=C1O. The molecular formula is C6H8N2O3. The fourth-order valence-electron chi connectivity index (χ4n) is 0.695. The molecule has 0 radical (unpaired) electrons. The minimum Gasteiger partial charge on any atom is -0.509 e. The summed E-state index contributed by atoms with van der Waals surface area (Å²) in [6.45, 7) is 0. The zero-order valence-electron chi connectivity index (χ0n) is 5.61. The average Bonchev–Trinajstić information content (AvgIpc) is 1.94. The summed E-state index contributed by atoms with van der Waals surface area (Å²) in [4.78, 5) is 10.3. The van der Waals surface area contributed by atoms with Gasteiger partial charge in [0.2, 0.25) is 0 Å². The van der Waals surface area contributed by atoms with Crippen LogP contribution in [-0.4, -0.2) is 22.3 Å². The fraction of sp³-hybridized carbons (Fsp3) is 0.167. The average molecular weight is 156 g/mol. The number of hydrogen-bond donors (Lipinski definition) is 4. The smallest absolute Gasteiger partial charge is 0.352 e. The predicted molar refractivity (Wildman–Crippen MR) is 37.5 cm³/mol. The van der Waals surface area contributed by atoms with E-state index in [4.69, 9.17) is 15.9 Å². The van der Waals surface area contributed by atoms with E-state index < -0.39 is 12.1 Å². The Balaban J connectivity index is 2.82. The summed E-state index contributed by atoms with van der Waals surface area (Å²) in [6.07, 6.45) is 1.69. The zero-order chi connectivity index (χ0) is 8.43. The van der Waals surface area contributed by atoms with E-state index in [0.717, 1.165) is 0 Å². The molecule has 1 unspecified atom stereocenters. The molecule has 5 nitrogen and oxygen atoms in total. The highest BCUT2D eigenvalue weighted by molar-refractivity contribution is 5.86. The van der Waals surface area contributed by atoms with Crippen molar-refractivity contribution in [3.63, 3.8) is 0 Å². The molecular weight excluding hydrogens is 148 g/mol. The van der Waals surface area contributed by atoms with Crippen molar-refractivity contribution in [1.82, 2.24) is 5.32 Å². The second-order valence-corrected chi connectivity index (χ2v) is 2.10. The molecule has 0 aromatic carbocycles. The number of carboxylic acids is 1. The predicted octanol–water partition coefficient (Wildman–Crippen LogP) is -0.715. The summed E-state index contributed by atoms with van der Waals surface area (Å²) < 4.78 is 0. The second-order valence-electron chi connectivity index (χ2n) is 2.10. The van der Waals surface area contributed by atoms with Gasteiger partial charge in [0.05, 0.1) is 0 Å². The topological polar surface area (TPSA) is 95.6 Å². The molecule has 0 aromatic rings. The van der Waals surface area contributed by atoms with Gasteiger partial charge < -0.3 is 21.3 Å². The maximum absolute atomic E-state index is 10.3. The number of rotatable bonds is 1. The fourth-order valence-corrected chi connectivity index (χ4v) is 0.695. The number of aliphatic hydroxyl groups is 1. The minimum absolute atomic E-state index is 0.0182. The monoisotopic (exact) mass is 156 g/mol. The van der Waals surface area contributed by atoms with Crippen LogP contribution in [0.25, 0.3) is 0 Å². The number of carbonyl (C=O) groups is 1. The van der Waals surface area contributed by atoms with E-state index in [1.54, 1.807) is 0 Å². The van der Waals surface area contributed by atoms with Gasteiger partial charge in [-0.1, -0.05) is 0 Å². The normalized spacial score (nSPS) is 23.2. The van der Waals surface area contributed by atoms with Crippen LogP contribution in [0.15, 0.2) is 23.6 Å². The number of allylic oxidation sites excluding steroid dienone is 2. The summed E-state index contributed by atoms with van der Waals surface area (Å²) in [5.41, 5.74) is 5.25. The number of nitrogens with one attached hydrogen (secondary N) is 1. The Labute approximate surface area is 62.8 Å². The highest BCUT2D eigenvalue weighted by atomic mass is 16.4. The highest BCUT2D eigenvalue weighted by Crippen LogP contribution is 2.04. The van der Waals surface area contributed by atoms with Gasteiger partial charge in [-0.3, -0.25) is 0 Å². The lowest BCUT2D eigenvalue weighted by atomic mass is 10.2. The highest BCUT2D eigenvalue weighted by Gasteiger charge is 2.16. The van der Waals surface area contributed by atoms with Crippen molar-refractivity contribution >= 4 is 5.97 Å². The molecule has 0 fully saturated rings. The third kappa shape index (κ3) is 1.50. The molecule has 1 aliphatic heterocycles. The van der Waals surface area contributed by atoms with Gasteiger partial charge in [-0.2, -0.15) is 0 Å². The number of dihydropyridines is 1. The Bertz CT molecular complexity index is 244. The van der Waals surface area contributed by atoms with Crippen LogP contribution in [0.1, 0.15) is 0 Å². The minimum atomic E-state index is -1.09. The number of aliphatic carboxylic acids is 1. The Morgan fingerprint density at radius 2 is 2.27 bits per heavy atom. The molecule has 0 aliphatic carbocycles. The molecule has 1 aliphatic rings. The molecule has 0 bridgehead atoms. The maximum atomic E-state index is 10.3. The second kappa shape index (κ2) is 2.63. The lowest BCUT2D eigenvalue weighted by molar-refractivity contribution is -0.133. The molecule has 0 aromatic heterocycles. The van der Waals surface area contributed by atoms with Crippen molar-refractivity contribution in [3.8, 4) is 0 Å². The molecule has 0 saturated carbocycles. The summed E-state index contributed by atoms with van der Waals surface area (Å²) in [5.74, 6) is -1.17. The summed E-state index contributed by atoms with van der Waals surface area (Å²) in [5, 5.41) is 19.7. The third-order valence-corrected chi connectivity index (χ3v) is 1.28. The molecule has 5 heteroatoms. The molecule has 60 valence electrons. The van der Waals surface area contributed by atoms with Crippen LogP contribution < -0.4 is 11.1 Å². The van der Waals surface area contributed by atoms with Gasteiger partial charge in [-0.15, -0.1) is 0 Å². The molecule has 11 heavy (non-hydrogen) atoms. The van der Waals surface area contributed by atoms with Gasteiger partial charge in [0.1, 0.15) is 17.6 Å². The first-order valence-electron chi connectivity index (χ1n) is 2.97. The number of nitrogens with two attached hydrogens (primary N) is 1. The number of hydrogen-bond acceptors (Lipinski definition) is 4. The number of carboxylic acid groups (broad SMARTS) is 1. The maximum Gasteiger partial charge on any atom is 0.352 e. The molecule has 0 amide bonds. The standard InChI is InChI=1S/C6H8N2O3/c7-5-4(9)2-1-3(8-5)6(10)11/h1-2,5,8-9H,7H2,(H,10,11). The summed E-state index contributed by atoms with van der Waals surface area (Å²) in [7, 11) is 0. The molecule has 1 rings (SSSR count). The molecule has 0 spiro atoms. The quantitative estimate of drug-likeness (QED) is 0.402. The van der Waals surface area contributed by atoms with E-state index in [-0.39, 0.29) is 11.5 Å². The summed E-state index contributed by atoms with van der Waals surface area (Å²) >= 11 is 0. The first-order valence-corrected chi connectivity index (χ1v) is 2.97.